The van der Waals surface area contributed by atoms with Crippen LogP contribution < -0.4 is 5.56 Å². The van der Waals surface area contributed by atoms with E-state index < -0.39 is 5.56 Å². The summed E-state index contributed by atoms with van der Waals surface area (Å²) in [6.07, 6.45) is 0. The fourth-order valence-electron chi connectivity index (χ4n) is 2.00. The molecule has 0 unspecified atom stereocenters. The number of hydrogen-bond acceptors (Lipinski definition) is 6. The predicted molar refractivity (Wildman–Crippen MR) is 70.5 cm³/mol. The number of hydrogen-bond donors (Lipinski definition) is 1. The van der Waals surface area contributed by atoms with E-state index in [1.807, 2.05) is 19.9 Å². The van der Waals surface area contributed by atoms with E-state index in [0.29, 0.717) is 15.8 Å². The summed E-state index contributed by atoms with van der Waals surface area (Å²) in [4.78, 5) is 16.5. The van der Waals surface area contributed by atoms with Gasteiger partial charge in [0.2, 0.25) is 5.82 Å². The molecule has 0 atom stereocenters. The highest BCUT2D eigenvalue weighted by molar-refractivity contribution is 5.78. The molecule has 3 aromatic rings. The van der Waals surface area contributed by atoms with Gasteiger partial charge in [-0.3, -0.25) is 4.79 Å². The Morgan fingerprint density at radius 2 is 1.90 bits per heavy atom. The molecule has 0 aliphatic carbocycles. The van der Waals surface area contributed by atoms with Crippen molar-refractivity contribution in [3.05, 3.63) is 33.6 Å². The van der Waals surface area contributed by atoms with Crippen molar-refractivity contribution in [1.29, 1.82) is 0 Å². The molecule has 20 heavy (non-hydrogen) atoms. The molecule has 0 fully saturated rings. The first-order chi connectivity index (χ1) is 9.49. The van der Waals surface area contributed by atoms with Gasteiger partial charge in [-0.1, -0.05) is 0 Å². The van der Waals surface area contributed by atoms with E-state index in [1.54, 1.807) is 13.1 Å². The van der Waals surface area contributed by atoms with Gasteiger partial charge in [0.15, 0.2) is 5.69 Å². The van der Waals surface area contributed by atoms with Crippen molar-refractivity contribution in [2.45, 2.75) is 13.8 Å². The lowest BCUT2D eigenvalue weighted by Gasteiger charge is -2.08. The van der Waals surface area contributed by atoms with Crippen LogP contribution in [0.5, 0.6) is 0 Å². The summed E-state index contributed by atoms with van der Waals surface area (Å²) in [5, 5.41) is 20.9. The minimum Gasteiger partial charge on any atom is -0.425 e. The van der Waals surface area contributed by atoms with E-state index in [9.17, 15) is 10.0 Å². The third-order valence-corrected chi connectivity index (χ3v) is 3.28. The highest BCUT2D eigenvalue weighted by atomic mass is 16.5. The number of rotatable bonds is 1. The first kappa shape index (κ1) is 12.3. The number of aryl methyl sites for hydroxylation is 3. The number of fused-ring (bicyclic) bond motifs is 1. The zero-order valence-corrected chi connectivity index (χ0v) is 11.2. The molecular formula is C12H12N6O2. The Balaban J connectivity index is 2.42. The Labute approximate surface area is 113 Å². The monoisotopic (exact) mass is 272 g/mol. The van der Waals surface area contributed by atoms with Gasteiger partial charge in [0.1, 0.15) is 5.52 Å². The van der Waals surface area contributed by atoms with E-state index >= 15 is 0 Å². The third kappa shape index (κ3) is 1.65. The van der Waals surface area contributed by atoms with Gasteiger partial charge in [0.05, 0.1) is 5.52 Å². The summed E-state index contributed by atoms with van der Waals surface area (Å²) in [6.45, 7) is 3.84. The molecule has 1 aromatic carbocycles. The lowest BCUT2D eigenvalue weighted by Crippen LogP contribution is -2.23. The Kier molecular flexibility index (Phi) is 2.53. The summed E-state index contributed by atoms with van der Waals surface area (Å²) in [5.74, 6) is 0.206. The average molecular weight is 272 g/mol. The maximum Gasteiger partial charge on any atom is 0.313 e. The standard InChI is InChI=1S/C12H12N6O2/c1-6-4-8-9(5-7(6)2)18(20)12(19)10(13-8)11-14-15-16-17(11)3/h4-5,20H,1-3H3. The van der Waals surface area contributed by atoms with Crippen molar-refractivity contribution in [2.24, 2.45) is 7.05 Å². The SMILES string of the molecule is Cc1cc2nc(-c3nnnn3C)c(=O)n(O)c2cc1C. The lowest BCUT2D eigenvalue weighted by atomic mass is 10.1. The van der Waals surface area contributed by atoms with Gasteiger partial charge in [-0.2, -0.15) is 0 Å². The van der Waals surface area contributed by atoms with Gasteiger partial charge >= 0.3 is 5.56 Å². The molecular weight excluding hydrogens is 260 g/mol. The maximum atomic E-state index is 12.2. The summed E-state index contributed by atoms with van der Waals surface area (Å²) < 4.78 is 1.91. The lowest BCUT2D eigenvalue weighted by molar-refractivity contribution is 0.188. The van der Waals surface area contributed by atoms with Crippen LogP contribution in [0.15, 0.2) is 16.9 Å². The molecule has 0 saturated heterocycles. The quantitative estimate of drug-likeness (QED) is 0.645. The second kappa shape index (κ2) is 4.12. The van der Waals surface area contributed by atoms with Crippen LogP contribution >= 0.6 is 0 Å². The fourth-order valence-corrected chi connectivity index (χ4v) is 2.00. The van der Waals surface area contributed by atoms with E-state index in [2.05, 4.69) is 20.5 Å². The smallest absolute Gasteiger partial charge is 0.313 e. The van der Waals surface area contributed by atoms with Crippen molar-refractivity contribution >= 4 is 11.0 Å². The predicted octanol–water partition coefficient (Wildman–Crippen LogP) is 0.441. The maximum absolute atomic E-state index is 12.2. The van der Waals surface area contributed by atoms with Gasteiger partial charge in [0, 0.05) is 7.05 Å². The van der Waals surface area contributed by atoms with Crippen molar-refractivity contribution in [2.75, 3.05) is 0 Å². The number of aromatic nitrogens is 6. The van der Waals surface area contributed by atoms with Crippen LogP contribution in [0.25, 0.3) is 22.6 Å². The average Bonchev–Trinajstić information content (AvgIpc) is 2.83. The largest absolute Gasteiger partial charge is 0.425 e. The molecule has 3 rings (SSSR count). The van der Waals surface area contributed by atoms with Gasteiger partial charge in [0.25, 0.3) is 0 Å². The van der Waals surface area contributed by atoms with Crippen molar-refractivity contribution in [3.8, 4) is 11.5 Å². The molecule has 8 nitrogen and oxygen atoms in total. The summed E-state index contributed by atoms with van der Waals surface area (Å²) in [6, 6.07) is 3.53. The summed E-state index contributed by atoms with van der Waals surface area (Å²) in [7, 11) is 1.60. The van der Waals surface area contributed by atoms with Crippen LogP contribution in [0.4, 0.5) is 0 Å². The van der Waals surface area contributed by atoms with E-state index in [4.69, 9.17) is 0 Å². The van der Waals surface area contributed by atoms with Gasteiger partial charge in [-0.15, -0.1) is 9.83 Å². The topological polar surface area (TPSA) is 98.7 Å². The normalized spacial score (nSPS) is 11.2. The molecule has 1 N–H and O–H groups in total. The molecule has 0 saturated carbocycles. The zero-order chi connectivity index (χ0) is 14.4. The molecule has 0 bridgehead atoms. The first-order valence-corrected chi connectivity index (χ1v) is 5.95. The van der Waals surface area contributed by atoms with E-state index in [1.165, 1.54) is 4.68 Å². The first-order valence-electron chi connectivity index (χ1n) is 5.95. The zero-order valence-electron chi connectivity index (χ0n) is 11.2. The summed E-state index contributed by atoms with van der Waals surface area (Å²) >= 11 is 0. The van der Waals surface area contributed by atoms with Crippen molar-refractivity contribution in [1.82, 2.24) is 29.9 Å². The highest BCUT2D eigenvalue weighted by Crippen LogP contribution is 2.18. The Hall–Kier alpha value is -2.77. The molecule has 2 aromatic heterocycles. The Morgan fingerprint density at radius 3 is 2.55 bits per heavy atom. The number of nitrogens with zero attached hydrogens (tertiary/aromatic N) is 6. The molecule has 8 heteroatoms. The minimum absolute atomic E-state index is 0.00996. The van der Waals surface area contributed by atoms with Crippen LogP contribution in [0, 0.1) is 13.8 Å². The molecule has 102 valence electrons. The van der Waals surface area contributed by atoms with E-state index in [-0.39, 0.29) is 11.5 Å². The molecule has 0 amide bonds. The highest BCUT2D eigenvalue weighted by Gasteiger charge is 2.17. The Bertz CT molecular complexity index is 880. The minimum atomic E-state index is -0.654. The second-order valence-corrected chi connectivity index (χ2v) is 4.63. The van der Waals surface area contributed by atoms with Crippen molar-refractivity contribution < 1.29 is 5.21 Å². The van der Waals surface area contributed by atoms with Crippen LogP contribution in [-0.4, -0.2) is 35.1 Å². The number of benzene rings is 1. The fraction of sp³-hybridized carbons (Fsp3) is 0.250. The van der Waals surface area contributed by atoms with Crippen LogP contribution in [0.2, 0.25) is 0 Å². The van der Waals surface area contributed by atoms with Crippen LogP contribution in [-0.2, 0) is 7.05 Å². The van der Waals surface area contributed by atoms with E-state index in [0.717, 1.165) is 11.1 Å². The molecule has 0 radical (unpaired) electrons. The molecule has 0 spiro atoms. The van der Waals surface area contributed by atoms with Crippen molar-refractivity contribution in [3.63, 3.8) is 0 Å². The van der Waals surface area contributed by atoms with Crippen LogP contribution in [0.1, 0.15) is 11.1 Å². The molecule has 2 heterocycles. The third-order valence-electron chi connectivity index (χ3n) is 3.28. The van der Waals surface area contributed by atoms with Gasteiger partial charge < -0.3 is 5.21 Å². The van der Waals surface area contributed by atoms with Gasteiger partial charge in [-0.25, -0.2) is 9.67 Å². The van der Waals surface area contributed by atoms with Gasteiger partial charge in [-0.05, 0) is 47.5 Å². The molecule has 0 aliphatic rings. The number of tetrazole rings is 1. The summed E-state index contributed by atoms with van der Waals surface area (Å²) in [5.41, 5.74) is 2.21. The van der Waals surface area contributed by atoms with Crippen LogP contribution in [0.3, 0.4) is 0 Å². The molecule has 0 aliphatic heterocycles. The second-order valence-electron chi connectivity index (χ2n) is 4.63. The Morgan fingerprint density at radius 1 is 1.20 bits per heavy atom.